The average molecular weight is 294 g/mol. The number of nitrogens with zero attached hydrogens (tertiary/aromatic N) is 1. The molecule has 1 aromatic carbocycles. The zero-order chi connectivity index (χ0) is 15.8. The normalized spacial score (nSPS) is 11.8. The maximum atomic E-state index is 12.2. The lowest BCUT2D eigenvalue weighted by Crippen LogP contribution is -2.45. The maximum absolute atomic E-state index is 12.2. The van der Waals surface area contributed by atoms with Crippen molar-refractivity contribution in [1.82, 2.24) is 10.2 Å². The van der Waals surface area contributed by atoms with Gasteiger partial charge >= 0.3 is 12.0 Å². The molecule has 1 rings (SSSR count). The van der Waals surface area contributed by atoms with E-state index in [1.54, 1.807) is 0 Å². The second kappa shape index (κ2) is 8.26. The van der Waals surface area contributed by atoms with Gasteiger partial charge < -0.3 is 20.1 Å². The number of aliphatic carboxylic acids is 1. The van der Waals surface area contributed by atoms with Gasteiger partial charge in [0.1, 0.15) is 6.54 Å². The average Bonchev–Trinajstić information content (AvgIpc) is 2.43. The van der Waals surface area contributed by atoms with Crippen LogP contribution in [-0.4, -0.2) is 48.8 Å². The Morgan fingerprint density at radius 3 is 2.62 bits per heavy atom. The molecule has 0 bridgehead atoms. The molecule has 0 aliphatic carbocycles. The molecule has 6 heteroatoms. The highest BCUT2D eigenvalue weighted by Crippen LogP contribution is 2.16. The number of rotatable bonds is 7. The number of hydrogen-bond donors (Lipinski definition) is 2. The molecule has 0 aliphatic rings. The quantitative estimate of drug-likeness (QED) is 0.803. The fourth-order valence-electron chi connectivity index (χ4n) is 2.04. The predicted molar refractivity (Wildman–Crippen MR) is 79.2 cm³/mol. The fraction of sp³-hybridized carbons (Fsp3) is 0.467. The van der Waals surface area contributed by atoms with Gasteiger partial charge in [-0.2, -0.15) is 0 Å². The van der Waals surface area contributed by atoms with E-state index in [0.29, 0.717) is 6.61 Å². The van der Waals surface area contributed by atoms with Gasteiger partial charge in [0.25, 0.3) is 0 Å². The van der Waals surface area contributed by atoms with Crippen LogP contribution in [0.25, 0.3) is 0 Å². The van der Waals surface area contributed by atoms with Gasteiger partial charge in [0.15, 0.2) is 0 Å². The molecule has 0 fully saturated rings. The lowest BCUT2D eigenvalue weighted by molar-refractivity contribution is -0.137. The number of carbonyl (C=O) groups excluding carboxylic acids is 1. The van der Waals surface area contributed by atoms with Crippen LogP contribution in [0, 0.1) is 6.92 Å². The summed E-state index contributed by atoms with van der Waals surface area (Å²) >= 11 is 0. The van der Waals surface area contributed by atoms with Gasteiger partial charge in [-0.1, -0.05) is 24.3 Å². The van der Waals surface area contributed by atoms with Crippen LogP contribution in [-0.2, 0) is 9.53 Å². The van der Waals surface area contributed by atoms with Gasteiger partial charge in [-0.3, -0.25) is 4.79 Å². The van der Waals surface area contributed by atoms with Crippen molar-refractivity contribution in [2.75, 3.05) is 26.8 Å². The molecule has 2 amide bonds. The molecule has 0 radical (unpaired) electrons. The Labute approximate surface area is 124 Å². The summed E-state index contributed by atoms with van der Waals surface area (Å²) in [6, 6.07) is 7.14. The van der Waals surface area contributed by atoms with E-state index in [4.69, 9.17) is 9.84 Å². The number of aryl methyl sites for hydroxylation is 1. The van der Waals surface area contributed by atoms with Gasteiger partial charge in [-0.05, 0) is 25.0 Å². The van der Waals surface area contributed by atoms with Crippen molar-refractivity contribution in [3.05, 3.63) is 35.4 Å². The highest BCUT2D eigenvalue weighted by atomic mass is 16.5. The third-order valence-corrected chi connectivity index (χ3v) is 3.17. The summed E-state index contributed by atoms with van der Waals surface area (Å²) in [5.74, 6) is -1.05. The Bertz CT molecular complexity index is 490. The molecule has 0 saturated carbocycles. The monoisotopic (exact) mass is 294 g/mol. The van der Waals surface area contributed by atoms with Gasteiger partial charge in [0.05, 0.1) is 12.6 Å². The Balaban J connectivity index is 2.71. The Morgan fingerprint density at radius 1 is 1.38 bits per heavy atom. The summed E-state index contributed by atoms with van der Waals surface area (Å²) in [6.45, 7) is 4.01. The lowest BCUT2D eigenvalue weighted by atomic mass is 10.0. The minimum atomic E-state index is -1.05. The molecular formula is C15H22N2O4. The van der Waals surface area contributed by atoms with E-state index in [1.165, 1.54) is 12.0 Å². The zero-order valence-corrected chi connectivity index (χ0v) is 12.6. The predicted octanol–water partition coefficient (Wildman–Crippen LogP) is 1.80. The van der Waals surface area contributed by atoms with Crippen LogP contribution in [0.4, 0.5) is 4.79 Å². The minimum Gasteiger partial charge on any atom is -0.480 e. The van der Waals surface area contributed by atoms with E-state index >= 15 is 0 Å². The van der Waals surface area contributed by atoms with Crippen LogP contribution in [0.3, 0.4) is 0 Å². The van der Waals surface area contributed by atoms with Crippen LogP contribution in [0.1, 0.15) is 24.1 Å². The first-order chi connectivity index (χ1) is 9.95. The van der Waals surface area contributed by atoms with Crippen LogP contribution in [0.15, 0.2) is 24.3 Å². The molecule has 21 heavy (non-hydrogen) atoms. The van der Waals surface area contributed by atoms with Crippen LogP contribution < -0.4 is 5.32 Å². The van der Waals surface area contributed by atoms with Crippen LogP contribution in [0.5, 0.6) is 0 Å². The van der Waals surface area contributed by atoms with E-state index in [9.17, 15) is 9.59 Å². The van der Waals surface area contributed by atoms with E-state index in [-0.39, 0.29) is 19.1 Å². The van der Waals surface area contributed by atoms with E-state index in [2.05, 4.69) is 5.32 Å². The maximum Gasteiger partial charge on any atom is 0.323 e. The number of nitrogens with one attached hydrogen (secondary N) is 1. The molecule has 1 aromatic rings. The Morgan fingerprint density at radius 2 is 2.05 bits per heavy atom. The van der Waals surface area contributed by atoms with Gasteiger partial charge in [0, 0.05) is 13.7 Å². The summed E-state index contributed by atoms with van der Waals surface area (Å²) in [7, 11) is 1.51. The first kappa shape index (κ1) is 17.0. The molecule has 0 spiro atoms. The third-order valence-electron chi connectivity index (χ3n) is 3.17. The number of methoxy groups -OCH3 is 1. The van der Waals surface area contributed by atoms with E-state index in [1.807, 2.05) is 38.1 Å². The number of carboxylic acids is 1. The van der Waals surface area contributed by atoms with E-state index < -0.39 is 12.0 Å². The topological polar surface area (TPSA) is 78.9 Å². The number of ether oxygens (including phenoxy) is 1. The summed E-state index contributed by atoms with van der Waals surface area (Å²) < 4.78 is 4.90. The van der Waals surface area contributed by atoms with Crippen LogP contribution >= 0.6 is 0 Å². The van der Waals surface area contributed by atoms with Crippen molar-refractivity contribution < 1.29 is 19.4 Å². The summed E-state index contributed by atoms with van der Waals surface area (Å²) in [6.07, 6.45) is 0. The second-order valence-corrected chi connectivity index (χ2v) is 4.84. The number of amides is 2. The molecule has 0 aliphatic heterocycles. The SMILES string of the molecule is COCCN(CC(=O)O)C(=O)NC(C)c1ccccc1C. The minimum absolute atomic E-state index is 0.197. The molecule has 1 unspecified atom stereocenters. The number of benzene rings is 1. The molecule has 1 atom stereocenters. The summed E-state index contributed by atoms with van der Waals surface area (Å²) in [5.41, 5.74) is 2.08. The highest BCUT2D eigenvalue weighted by Gasteiger charge is 2.19. The molecule has 0 saturated heterocycles. The summed E-state index contributed by atoms with van der Waals surface area (Å²) in [4.78, 5) is 24.2. The summed E-state index contributed by atoms with van der Waals surface area (Å²) in [5, 5.41) is 11.7. The largest absolute Gasteiger partial charge is 0.480 e. The number of carbonyl (C=O) groups is 2. The van der Waals surface area contributed by atoms with Crippen molar-refractivity contribution in [2.24, 2.45) is 0 Å². The van der Waals surface area contributed by atoms with Crippen molar-refractivity contribution in [2.45, 2.75) is 19.9 Å². The fourth-order valence-corrected chi connectivity index (χ4v) is 2.04. The second-order valence-electron chi connectivity index (χ2n) is 4.84. The molecule has 0 heterocycles. The number of urea groups is 1. The van der Waals surface area contributed by atoms with E-state index in [0.717, 1.165) is 11.1 Å². The lowest BCUT2D eigenvalue weighted by Gasteiger charge is -2.24. The smallest absolute Gasteiger partial charge is 0.323 e. The first-order valence-electron chi connectivity index (χ1n) is 6.77. The van der Waals surface area contributed by atoms with Gasteiger partial charge in [-0.25, -0.2) is 4.79 Å². The van der Waals surface area contributed by atoms with Crippen molar-refractivity contribution in [3.8, 4) is 0 Å². The van der Waals surface area contributed by atoms with Gasteiger partial charge in [0.2, 0.25) is 0 Å². The number of carboxylic acid groups (broad SMARTS) is 1. The number of hydrogen-bond acceptors (Lipinski definition) is 3. The zero-order valence-electron chi connectivity index (χ0n) is 12.6. The van der Waals surface area contributed by atoms with Crippen molar-refractivity contribution in [3.63, 3.8) is 0 Å². The Hall–Kier alpha value is -2.08. The highest BCUT2D eigenvalue weighted by molar-refractivity contribution is 5.80. The first-order valence-corrected chi connectivity index (χ1v) is 6.77. The van der Waals surface area contributed by atoms with Crippen molar-refractivity contribution >= 4 is 12.0 Å². The molecular weight excluding hydrogens is 272 g/mol. The Kier molecular flexibility index (Phi) is 6.68. The standard InChI is InChI=1S/C15H22N2O4/c1-11-6-4-5-7-13(11)12(2)16-15(20)17(8-9-21-3)10-14(18)19/h4-7,12H,8-10H2,1-3H3,(H,16,20)(H,18,19). The molecule has 0 aromatic heterocycles. The van der Waals surface area contributed by atoms with Crippen LogP contribution in [0.2, 0.25) is 0 Å². The van der Waals surface area contributed by atoms with Gasteiger partial charge in [-0.15, -0.1) is 0 Å². The third kappa shape index (κ3) is 5.43. The van der Waals surface area contributed by atoms with Crippen molar-refractivity contribution in [1.29, 1.82) is 0 Å². The molecule has 2 N–H and O–H groups in total. The molecule has 6 nitrogen and oxygen atoms in total. The molecule has 116 valence electrons.